The minimum Gasteiger partial charge on any atom is -0.466 e. The number of piperidine rings is 1. The number of hydrogen-bond acceptors (Lipinski definition) is 6. The van der Waals surface area contributed by atoms with Crippen LogP contribution in [0.1, 0.15) is 53.0 Å². The van der Waals surface area contributed by atoms with Crippen LogP contribution >= 0.6 is 0 Å². The van der Waals surface area contributed by atoms with E-state index in [1.807, 2.05) is 6.92 Å². The van der Waals surface area contributed by atoms with Gasteiger partial charge in [-0.15, -0.1) is 5.92 Å². The molecule has 2 aromatic carbocycles. The molecule has 0 unspecified atom stereocenters. The molecule has 2 N–H and O–H groups in total. The molecule has 1 saturated heterocycles. The molecule has 2 amide bonds. The van der Waals surface area contributed by atoms with E-state index >= 15 is 0 Å². The van der Waals surface area contributed by atoms with Gasteiger partial charge in [-0.1, -0.05) is 18.1 Å². The number of benzene rings is 2. The summed E-state index contributed by atoms with van der Waals surface area (Å²) in [5, 5.41) is 5.57. The zero-order chi connectivity index (χ0) is 28.3. The molecule has 0 atom stereocenters. The number of amides is 2. The minimum atomic E-state index is -0.395. The second-order valence-corrected chi connectivity index (χ2v) is 9.11. The summed E-state index contributed by atoms with van der Waals surface area (Å²) in [4.78, 5) is 48.6. The SMILES string of the molecule is CC#Cc1ccc(NC(=O)c2ccccc2NC(=O)c2ccc(N=CN3CCC(C(=O)OCC)CC3)cc2)nc1. The highest BCUT2D eigenvalue weighted by molar-refractivity contribution is 6.12. The lowest BCUT2D eigenvalue weighted by atomic mass is 9.97. The van der Waals surface area contributed by atoms with E-state index in [0.29, 0.717) is 34.9 Å². The predicted molar refractivity (Wildman–Crippen MR) is 155 cm³/mol. The Morgan fingerprint density at radius 2 is 1.77 bits per heavy atom. The number of hydrogen-bond donors (Lipinski definition) is 2. The van der Waals surface area contributed by atoms with E-state index in [2.05, 4.69) is 37.4 Å². The number of aliphatic imine (C=N–C) groups is 1. The van der Waals surface area contributed by atoms with Gasteiger partial charge < -0.3 is 20.3 Å². The molecule has 1 fully saturated rings. The van der Waals surface area contributed by atoms with Gasteiger partial charge >= 0.3 is 5.97 Å². The topological polar surface area (TPSA) is 113 Å². The first-order valence-corrected chi connectivity index (χ1v) is 13.1. The number of nitrogens with one attached hydrogen (secondary N) is 2. The van der Waals surface area contributed by atoms with Crippen molar-refractivity contribution in [2.24, 2.45) is 10.9 Å². The molecule has 9 nitrogen and oxygen atoms in total. The highest BCUT2D eigenvalue weighted by Gasteiger charge is 2.24. The molecule has 3 aromatic rings. The molecule has 9 heteroatoms. The van der Waals surface area contributed by atoms with Crippen molar-refractivity contribution in [1.82, 2.24) is 9.88 Å². The number of nitrogens with zero attached hydrogens (tertiary/aromatic N) is 3. The normalized spacial score (nSPS) is 13.3. The van der Waals surface area contributed by atoms with Crippen LogP contribution in [0.4, 0.5) is 17.2 Å². The maximum Gasteiger partial charge on any atom is 0.309 e. The second kappa shape index (κ2) is 13.7. The fourth-order valence-corrected chi connectivity index (χ4v) is 4.21. The van der Waals surface area contributed by atoms with Crippen molar-refractivity contribution in [3.63, 3.8) is 0 Å². The molecular formula is C31H31N5O4. The van der Waals surface area contributed by atoms with Gasteiger partial charge in [-0.25, -0.2) is 9.98 Å². The summed E-state index contributed by atoms with van der Waals surface area (Å²) in [6.45, 7) is 5.42. The largest absolute Gasteiger partial charge is 0.466 e. The number of likely N-dealkylation sites (tertiary alicyclic amines) is 1. The van der Waals surface area contributed by atoms with E-state index in [1.165, 1.54) is 0 Å². The van der Waals surface area contributed by atoms with Gasteiger partial charge in [-0.2, -0.15) is 0 Å². The van der Waals surface area contributed by atoms with Crippen LogP contribution in [-0.4, -0.2) is 53.7 Å². The fraction of sp³-hybridized carbons (Fsp3) is 0.258. The van der Waals surface area contributed by atoms with Crippen LogP contribution in [0.2, 0.25) is 0 Å². The lowest BCUT2D eigenvalue weighted by molar-refractivity contribution is -0.149. The summed E-state index contributed by atoms with van der Waals surface area (Å²) in [5.74, 6) is 5.16. The molecule has 4 rings (SSSR count). The Morgan fingerprint density at radius 3 is 2.45 bits per heavy atom. The highest BCUT2D eigenvalue weighted by atomic mass is 16.5. The van der Waals surface area contributed by atoms with E-state index in [1.54, 1.807) is 80.1 Å². The summed E-state index contributed by atoms with van der Waals surface area (Å²) < 4.78 is 5.12. The van der Waals surface area contributed by atoms with Crippen molar-refractivity contribution in [3.05, 3.63) is 83.6 Å². The summed E-state index contributed by atoms with van der Waals surface area (Å²) in [7, 11) is 0. The van der Waals surface area contributed by atoms with Crippen LogP contribution in [0.3, 0.4) is 0 Å². The number of para-hydroxylation sites is 1. The Morgan fingerprint density at radius 1 is 1.02 bits per heavy atom. The monoisotopic (exact) mass is 537 g/mol. The maximum absolute atomic E-state index is 12.9. The van der Waals surface area contributed by atoms with E-state index in [0.717, 1.165) is 31.5 Å². The summed E-state index contributed by atoms with van der Waals surface area (Å²) in [5.41, 5.74) is 2.57. The number of rotatable bonds is 8. The number of aromatic nitrogens is 1. The maximum atomic E-state index is 12.9. The summed E-state index contributed by atoms with van der Waals surface area (Å²) >= 11 is 0. The molecule has 0 saturated carbocycles. The van der Waals surface area contributed by atoms with Gasteiger partial charge in [0.15, 0.2) is 0 Å². The Hall–Kier alpha value is -4.97. The smallest absolute Gasteiger partial charge is 0.309 e. The van der Waals surface area contributed by atoms with Crippen LogP contribution in [0.15, 0.2) is 71.9 Å². The number of carbonyl (C=O) groups excluding carboxylic acids is 3. The van der Waals surface area contributed by atoms with Gasteiger partial charge in [0.25, 0.3) is 11.8 Å². The average molecular weight is 538 g/mol. The molecule has 0 radical (unpaired) electrons. The lowest BCUT2D eigenvalue weighted by Crippen LogP contribution is -2.36. The van der Waals surface area contributed by atoms with E-state index in [-0.39, 0.29) is 17.8 Å². The van der Waals surface area contributed by atoms with Crippen molar-refractivity contribution in [3.8, 4) is 11.8 Å². The van der Waals surface area contributed by atoms with Crippen molar-refractivity contribution in [2.75, 3.05) is 30.3 Å². The Kier molecular flexibility index (Phi) is 9.62. The van der Waals surface area contributed by atoms with Crippen LogP contribution in [0.5, 0.6) is 0 Å². The number of esters is 1. The summed E-state index contributed by atoms with van der Waals surface area (Å²) in [6, 6.07) is 17.1. The van der Waals surface area contributed by atoms with Gasteiger partial charge in [0.2, 0.25) is 0 Å². The third-order valence-electron chi connectivity index (χ3n) is 6.34. The molecule has 1 aromatic heterocycles. The average Bonchev–Trinajstić information content (AvgIpc) is 2.98. The first-order valence-electron chi connectivity index (χ1n) is 13.1. The van der Waals surface area contributed by atoms with Crippen LogP contribution in [0, 0.1) is 17.8 Å². The molecule has 40 heavy (non-hydrogen) atoms. The lowest BCUT2D eigenvalue weighted by Gasteiger charge is -2.29. The number of ether oxygens (including phenoxy) is 1. The van der Waals surface area contributed by atoms with Gasteiger partial charge in [0.1, 0.15) is 5.82 Å². The first kappa shape index (κ1) is 28.0. The fourth-order valence-electron chi connectivity index (χ4n) is 4.21. The standard InChI is InChI=1S/C31H31N5O4/c1-3-7-22-10-15-28(32-20-22)35-30(38)26-8-5-6-9-27(26)34-29(37)23-11-13-25(14-12-23)33-21-36-18-16-24(17-19-36)31(39)40-4-2/h5-6,8-15,20-21,24H,4,16-19H2,1-2H3,(H,34,37)(H,32,35,38). The number of carbonyl (C=O) groups is 3. The Labute approximate surface area is 233 Å². The van der Waals surface area contributed by atoms with E-state index in [9.17, 15) is 14.4 Å². The Bertz CT molecular complexity index is 1430. The molecule has 0 spiro atoms. The van der Waals surface area contributed by atoms with E-state index in [4.69, 9.17) is 4.74 Å². The van der Waals surface area contributed by atoms with Crippen molar-refractivity contribution in [1.29, 1.82) is 0 Å². The molecule has 2 heterocycles. The van der Waals surface area contributed by atoms with Crippen molar-refractivity contribution >= 4 is 41.3 Å². The summed E-state index contributed by atoms with van der Waals surface area (Å²) in [6.07, 6.45) is 4.83. The number of pyridine rings is 1. The third kappa shape index (κ3) is 7.54. The number of anilines is 2. The van der Waals surface area contributed by atoms with Crippen molar-refractivity contribution < 1.29 is 19.1 Å². The molecule has 0 aliphatic carbocycles. The quantitative estimate of drug-likeness (QED) is 0.183. The molecule has 0 bridgehead atoms. The van der Waals surface area contributed by atoms with Crippen molar-refractivity contribution in [2.45, 2.75) is 26.7 Å². The third-order valence-corrected chi connectivity index (χ3v) is 6.34. The minimum absolute atomic E-state index is 0.0531. The zero-order valence-corrected chi connectivity index (χ0v) is 22.5. The highest BCUT2D eigenvalue weighted by Crippen LogP contribution is 2.21. The second-order valence-electron chi connectivity index (χ2n) is 9.11. The van der Waals surface area contributed by atoms with Gasteiger partial charge in [0.05, 0.1) is 35.8 Å². The zero-order valence-electron chi connectivity index (χ0n) is 22.5. The Balaban J connectivity index is 1.34. The van der Waals surface area contributed by atoms with Crippen LogP contribution < -0.4 is 10.6 Å². The van der Waals surface area contributed by atoms with Crippen LogP contribution in [0.25, 0.3) is 0 Å². The molecule has 1 aliphatic heterocycles. The molecule has 204 valence electrons. The van der Waals surface area contributed by atoms with Gasteiger partial charge in [0, 0.05) is 30.4 Å². The molecule has 1 aliphatic rings. The molecular weight excluding hydrogens is 506 g/mol. The van der Waals surface area contributed by atoms with Gasteiger partial charge in [-0.3, -0.25) is 14.4 Å². The van der Waals surface area contributed by atoms with Gasteiger partial charge in [-0.05, 0) is 75.2 Å². The van der Waals surface area contributed by atoms with E-state index < -0.39 is 5.91 Å². The predicted octanol–water partition coefficient (Wildman–Crippen LogP) is 4.89. The van der Waals surface area contributed by atoms with Crippen LogP contribution in [-0.2, 0) is 9.53 Å². The first-order chi connectivity index (χ1) is 19.5.